The number of anilines is 1. The zero-order valence-electron chi connectivity index (χ0n) is 14.5. The summed E-state index contributed by atoms with van der Waals surface area (Å²) >= 11 is 0. The van der Waals surface area contributed by atoms with Gasteiger partial charge in [0.25, 0.3) is 5.91 Å². The molecule has 1 saturated heterocycles. The number of hydrogen-bond acceptors (Lipinski definition) is 3. The van der Waals surface area contributed by atoms with Crippen molar-refractivity contribution in [2.45, 2.75) is 19.8 Å². The van der Waals surface area contributed by atoms with E-state index in [1.807, 2.05) is 6.92 Å². The van der Waals surface area contributed by atoms with E-state index in [1.165, 1.54) is 0 Å². The third-order valence-corrected chi connectivity index (χ3v) is 4.51. The molecule has 1 aromatic carbocycles. The number of carbonyl (C=O) groups is 3. The van der Waals surface area contributed by atoms with Gasteiger partial charge in [0.15, 0.2) is 0 Å². The van der Waals surface area contributed by atoms with Gasteiger partial charge in [0.1, 0.15) is 0 Å². The van der Waals surface area contributed by atoms with Gasteiger partial charge >= 0.3 is 6.03 Å². The van der Waals surface area contributed by atoms with Crippen molar-refractivity contribution in [3.63, 3.8) is 0 Å². The van der Waals surface area contributed by atoms with Crippen molar-refractivity contribution in [1.82, 2.24) is 15.1 Å². The molecule has 0 unspecified atom stereocenters. The van der Waals surface area contributed by atoms with Crippen LogP contribution in [0.3, 0.4) is 0 Å². The fraction of sp³-hybridized carbons (Fsp3) is 0.500. The first kappa shape index (κ1) is 17.3. The third-order valence-electron chi connectivity index (χ3n) is 4.51. The highest BCUT2D eigenvalue weighted by atomic mass is 16.2. The van der Waals surface area contributed by atoms with Gasteiger partial charge in [-0.25, -0.2) is 4.79 Å². The minimum Gasteiger partial charge on any atom is -0.338 e. The van der Waals surface area contributed by atoms with Crippen LogP contribution < -0.4 is 10.6 Å². The second-order valence-corrected chi connectivity index (χ2v) is 6.46. The summed E-state index contributed by atoms with van der Waals surface area (Å²) in [7, 11) is 0. The lowest BCUT2D eigenvalue weighted by Gasteiger charge is -2.34. The molecule has 0 aromatic heterocycles. The quantitative estimate of drug-likeness (QED) is 0.869. The van der Waals surface area contributed by atoms with E-state index in [-0.39, 0.29) is 23.8 Å². The molecule has 1 aliphatic carbocycles. The van der Waals surface area contributed by atoms with Crippen LogP contribution in [0.5, 0.6) is 0 Å². The van der Waals surface area contributed by atoms with Gasteiger partial charge in [-0.05, 0) is 38.0 Å². The monoisotopic (exact) mass is 344 g/mol. The van der Waals surface area contributed by atoms with E-state index >= 15 is 0 Å². The Kier molecular flexibility index (Phi) is 5.21. The van der Waals surface area contributed by atoms with Crippen molar-refractivity contribution in [3.8, 4) is 0 Å². The van der Waals surface area contributed by atoms with E-state index in [4.69, 9.17) is 0 Å². The molecule has 2 N–H and O–H groups in total. The topological polar surface area (TPSA) is 81.8 Å². The average Bonchev–Trinajstić information content (AvgIpc) is 3.47. The molecule has 0 spiro atoms. The lowest BCUT2D eigenvalue weighted by Crippen LogP contribution is -2.53. The predicted molar refractivity (Wildman–Crippen MR) is 94.3 cm³/mol. The summed E-state index contributed by atoms with van der Waals surface area (Å²) in [5, 5.41) is 5.64. The molecule has 2 fully saturated rings. The van der Waals surface area contributed by atoms with E-state index in [2.05, 4.69) is 10.6 Å². The molecule has 2 aliphatic rings. The number of nitrogens with zero attached hydrogens (tertiary/aromatic N) is 2. The van der Waals surface area contributed by atoms with Crippen molar-refractivity contribution in [1.29, 1.82) is 0 Å². The highest BCUT2D eigenvalue weighted by Crippen LogP contribution is 2.30. The molecule has 25 heavy (non-hydrogen) atoms. The van der Waals surface area contributed by atoms with Crippen LogP contribution in [0, 0.1) is 5.92 Å². The zero-order valence-corrected chi connectivity index (χ0v) is 14.5. The van der Waals surface area contributed by atoms with Crippen molar-refractivity contribution < 1.29 is 14.4 Å². The number of rotatable bonds is 4. The number of piperazine rings is 1. The lowest BCUT2D eigenvalue weighted by atomic mass is 10.1. The molecule has 1 saturated carbocycles. The molecular weight excluding hydrogens is 320 g/mol. The van der Waals surface area contributed by atoms with Crippen molar-refractivity contribution >= 4 is 23.5 Å². The van der Waals surface area contributed by atoms with Gasteiger partial charge in [-0.3, -0.25) is 9.59 Å². The Hall–Kier alpha value is -2.57. The number of hydrogen-bond donors (Lipinski definition) is 2. The Labute approximate surface area is 147 Å². The molecule has 7 heteroatoms. The normalized spacial score (nSPS) is 17.2. The van der Waals surface area contributed by atoms with Crippen molar-refractivity contribution in [3.05, 3.63) is 29.8 Å². The summed E-state index contributed by atoms with van der Waals surface area (Å²) in [6.07, 6.45) is 1.89. The lowest BCUT2D eigenvalue weighted by molar-refractivity contribution is -0.117. The van der Waals surface area contributed by atoms with Crippen molar-refractivity contribution in [2.24, 2.45) is 5.92 Å². The van der Waals surface area contributed by atoms with Crippen LogP contribution in [0.4, 0.5) is 10.5 Å². The first-order valence-electron chi connectivity index (χ1n) is 8.81. The SMILES string of the molecule is CCNC(=O)N1CCN(C(=O)c2cccc(NC(=O)C3CC3)c2)CC1. The molecule has 0 bridgehead atoms. The van der Waals surface area contributed by atoms with Gasteiger partial charge in [-0.1, -0.05) is 6.07 Å². The molecule has 0 radical (unpaired) electrons. The highest BCUT2D eigenvalue weighted by Gasteiger charge is 2.30. The maximum Gasteiger partial charge on any atom is 0.317 e. The van der Waals surface area contributed by atoms with Crippen LogP contribution in [0.25, 0.3) is 0 Å². The number of carbonyl (C=O) groups excluding carboxylic acids is 3. The summed E-state index contributed by atoms with van der Waals surface area (Å²) < 4.78 is 0. The van der Waals surface area contributed by atoms with Gasteiger partial charge in [0.05, 0.1) is 0 Å². The maximum absolute atomic E-state index is 12.7. The van der Waals surface area contributed by atoms with E-state index < -0.39 is 0 Å². The first-order valence-corrected chi connectivity index (χ1v) is 8.81. The summed E-state index contributed by atoms with van der Waals surface area (Å²) in [5.74, 6) is 0.0833. The Bertz CT molecular complexity index is 664. The summed E-state index contributed by atoms with van der Waals surface area (Å²) in [6, 6.07) is 6.97. The zero-order chi connectivity index (χ0) is 17.8. The number of benzene rings is 1. The Morgan fingerprint density at radius 3 is 2.40 bits per heavy atom. The van der Waals surface area contributed by atoms with Crippen molar-refractivity contribution in [2.75, 3.05) is 38.0 Å². The average molecular weight is 344 g/mol. The molecular formula is C18H24N4O3. The molecule has 134 valence electrons. The van der Waals surface area contributed by atoms with Crippen LogP contribution in [0.1, 0.15) is 30.1 Å². The summed E-state index contributed by atoms with van der Waals surface area (Å²) in [4.78, 5) is 39.8. The Balaban J connectivity index is 1.58. The standard InChI is InChI=1S/C18H24N4O3/c1-2-19-18(25)22-10-8-21(9-11-22)17(24)14-4-3-5-15(12-14)20-16(23)13-6-7-13/h3-5,12-13H,2,6-11H2,1H3,(H,19,25)(H,20,23). The Morgan fingerprint density at radius 2 is 1.76 bits per heavy atom. The number of amides is 4. The molecule has 7 nitrogen and oxygen atoms in total. The molecule has 1 aliphatic heterocycles. The largest absolute Gasteiger partial charge is 0.338 e. The van der Waals surface area contributed by atoms with E-state index in [1.54, 1.807) is 34.1 Å². The van der Waals surface area contributed by atoms with Crippen LogP contribution in [-0.4, -0.2) is 60.4 Å². The van der Waals surface area contributed by atoms with Gasteiger partial charge in [-0.15, -0.1) is 0 Å². The van der Waals surface area contributed by atoms with Gasteiger partial charge in [0.2, 0.25) is 5.91 Å². The van der Waals surface area contributed by atoms with Gasteiger partial charge in [0, 0.05) is 49.9 Å². The molecule has 1 aromatic rings. The minimum atomic E-state index is -0.0839. The Morgan fingerprint density at radius 1 is 1.08 bits per heavy atom. The van der Waals surface area contributed by atoms with Crippen LogP contribution in [0.15, 0.2) is 24.3 Å². The fourth-order valence-electron chi connectivity index (χ4n) is 2.88. The predicted octanol–water partition coefficient (Wildman–Crippen LogP) is 1.52. The smallest absolute Gasteiger partial charge is 0.317 e. The molecule has 0 atom stereocenters. The second kappa shape index (κ2) is 7.55. The number of urea groups is 1. The molecule has 1 heterocycles. The second-order valence-electron chi connectivity index (χ2n) is 6.46. The maximum atomic E-state index is 12.7. The van der Waals surface area contributed by atoms with E-state index in [0.717, 1.165) is 12.8 Å². The summed E-state index contributed by atoms with van der Waals surface area (Å²) in [6.45, 7) is 4.54. The fourth-order valence-corrected chi connectivity index (χ4v) is 2.88. The minimum absolute atomic E-state index is 0.0279. The van der Waals surface area contributed by atoms with Crippen LogP contribution in [-0.2, 0) is 4.79 Å². The highest BCUT2D eigenvalue weighted by molar-refractivity contribution is 5.98. The summed E-state index contributed by atoms with van der Waals surface area (Å²) in [5.41, 5.74) is 1.21. The van der Waals surface area contributed by atoms with Gasteiger partial charge < -0.3 is 20.4 Å². The van der Waals surface area contributed by atoms with E-state index in [0.29, 0.717) is 44.0 Å². The van der Waals surface area contributed by atoms with E-state index in [9.17, 15) is 14.4 Å². The molecule has 4 amide bonds. The first-order chi connectivity index (χ1) is 12.1. The molecule has 3 rings (SSSR count). The van der Waals surface area contributed by atoms with Crippen LogP contribution >= 0.6 is 0 Å². The van der Waals surface area contributed by atoms with Gasteiger partial charge in [-0.2, -0.15) is 0 Å². The van der Waals surface area contributed by atoms with Crippen LogP contribution in [0.2, 0.25) is 0 Å². The third kappa shape index (κ3) is 4.29. The number of nitrogens with one attached hydrogen (secondary N) is 2.